The number of benzene rings is 1. The van der Waals surface area contributed by atoms with Crippen LogP contribution in [-0.2, 0) is 4.79 Å². The highest BCUT2D eigenvalue weighted by Crippen LogP contribution is 2.25. The average Bonchev–Trinajstić information content (AvgIpc) is 3.02. The van der Waals surface area contributed by atoms with E-state index in [9.17, 15) is 9.18 Å². The molecule has 2 aromatic rings. The summed E-state index contributed by atoms with van der Waals surface area (Å²) in [5, 5.41) is 8.00. The molecule has 1 saturated heterocycles. The number of nitrogens with zero attached hydrogens (tertiary/aromatic N) is 3. The zero-order valence-electron chi connectivity index (χ0n) is 12.9. The fraction of sp³-hybridized carbons (Fsp3) is 0.438. The van der Waals surface area contributed by atoms with Gasteiger partial charge in [-0.2, -0.15) is 0 Å². The quantitative estimate of drug-likeness (QED) is 0.803. The molecule has 1 aliphatic heterocycles. The van der Waals surface area contributed by atoms with Gasteiger partial charge in [-0.3, -0.25) is 4.79 Å². The molecule has 0 aliphatic carbocycles. The lowest BCUT2D eigenvalue weighted by atomic mass is 10.0. The Morgan fingerprint density at radius 2 is 2.26 bits per heavy atom. The van der Waals surface area contributed by atoms with E-state index < -0.39 is 5.82 Å². The molecule has 0 spiro atoms. The van der Waals surface area contributed by atoms with Crippen LogP contribution in [0.25, 0.3) is 11.5 Å². The number of thioether (sulfide) groups is 1. The van der Waals surface area contributed by atoms with Crippen molar-refractivity contribution in [2.75, 3.05) is 18.8 Å². The summed E-state index contributed by atoms with van der Waals surface area (Å²) in [5.74, 6) is 0.600. The smallest absolute Gasteiger partial charge is 0.277 e. The fourth-order valence-electron chi connectivity index (χ4n) is 2.64. The predicted octanol–water partition coefficient (Wildman–Crippen LogP) is 3.23. The van der Waals surface area contributed by atoms with Crippen molar-refractivity contribution in [3.05, 3.63) is 30.1 Å². The molecule has 1 amide bonds. The minimum atomic E-state index is -0.411. The number of piperidine rings is 1. The molecule has 3 rings (SSSR count). The van der Waals surface area contributed by atoms with Crippen LogP contribution in [0.4, 0.5) is 4.39 Å². The van der Waals surface area contributed by atoms with E-state index in [4.69, 9.17) is 4.42 Å². The van der Waals surface area contributed by atoms with Crippen LogP contribution in [0.1, 0.15) is 19.8 Å². The van der Waals surface area contributed by atoms with Crippen molar-refractivity contribution >= 4 is 17.7 Å². The summed E-state index contributed by atoms with van der Waals surface area (Å²) in [5.41, 5.74) is 0.267. The van der Waals surface area contributed by atoms with Crippen LogP contribution >= 0.6 is 11.8 Å². The van der Waals surface area contributed by atoms with Crippen molar-refractivity contribution in [2.45, 2.75) is 25.0 Å². The molecular weight excluding hydrogens is 317 g/mol. The highest BCUT2D eigenvalue weighted by molar-refractivity contribution is 7.99. The lowest BCUT2D eigenvalue weighted by molar-refractivity contribution is -0.130. The van der Waals surface area contributed by atoms with E-state index in [1.807, 2.05) is 4.90 Å². The van der Waals surface area contributed by atoms with Crippen LogP contribution < -0.4 is 0 Å². The molecule has 23 heavy (non-hydrogen) atoms. The Morgan fingerprint density at radius 3 is 3.04 bits per heavy atom. The van der Waals surface area contributed by atoms with E-state index >= 15 is 0 Å². The average molecular weight is 335 g/mol. The topological polar surface area (TPSA) is 59.2 Å². The highest BCUT2D eigenvalue weighted by Gasteiger charge is 2.22. The molecule has 2 heterocycles. The number of amides is 1. The van der Waals surface area contributed by atoms with Gasteiger partial charge in [-0.15, -0.1) is 10.2 Å². The largest absolute Gasteiger partial charge is 0.411 e. The lowest BCUT2D eigenvalue weighted by Gasteiger charge is -2.30. The molecule has 1 aliphatic rings. The number of halogens is 1. The van der Waals surface area contributed by atoms with Crippen molar-refractivity contribution in [2.24, 2.45) is 5.92 Å². The molecule has 1 aromatic carbocycles. The van der Waals surface area contributed by atoms with Gasteiger partial charge in [-0.25, -0.2) is 4.39 Å². The normalized spacial score (nSPS) is 18.2. The minimum absolute atomic E-state index is 0.0761. The first-order valence-electron chi connectivity index (χ1n) is 7.62. The monoisotopic (exact) mass is 335 g/mol. The summed E-state index contributed by atoms with van der Waals surface area (Å²) in [4.78, 5) is 14.1. The maximum atomic E-state index is 13.7. The maximum Gasteiger partial charge on any atom is 0.277 e. The van der Waals surface area contributed by atoms with Crippen molar-refractivity contribution < 1.29 is 13.6 Å². The Morgan fingerprint density at radius 1 is 1.43 bits per heavy atom. The van der Waals surface area contributed by atoms with Gasteiger partial charge in [0.05, 0.1) is 11.3 Å². The molecule has 0 saturated carbocycles. The molecule has 1 aromatic heterocycles. The zero-order chi connectivity index (χ0) is 16.2. The highest BCUT2D eigenvalue weighted by atomic mass is 32.2. The molecule has 1 fully saturated rings. The number of rotatable bonds is 4. The van der Waals surface area contributed by atoms with Gasteiger partial charge in [-0.1, -0.05) is 30.8 Å². The van der Waals surface area contributed by atoms with Crippen molar-refractivity contribution in [1.82, 2.24) is 15.1 Å². The summed E-state index contributed by atoms with van der Waals surface area (Å²) in [6.45, 7) is 3.78. The van der Waals surface area contributed by atoms with Crippen molar-refractivity contribution in [1.29, 1.82) is 0 Å². The number of likely N-dealkylation sites (tertiary alicyclic amines) is 1. The summed E-state index contributed by atoms with van der Waals surface area (Å²) in [7, 11) is 0. The van der Waals surface area contributed by atoms with E-state index in [1.54, 1.807) is 18.2 Å². The third kappa shape index (κ3) is 3.90. The Labute approximate surface area is 138 Å². The molecule has 1 atom stereocenters. The van der Waals surface area contributed by atoms with Gasteiger partial charge in [0, 0.05) is 13.1 Å². The van der Waals surface area contributed by atoms with E-state index in [0.29, 0.717) is 5.92 Å². The van der Waals surface area contributed by atoms with Crippen molar-refractivity contribution in [3.63, 3.8) is 0 Å². The van der Waals surface area contributed by atoms with E-state index in [2.05, 4.69) is 17.1 Å². The van der Waals surface area contributed by atoms with Crippen LogP contribution in [0.5, 0.6) is 0 Å². The summed E-state index contributed by atoms with van der Waals surface area (Å²) in [6, 6.07) is 6.23. The van der Waals surface area contributed by atoms with Gasteiger partial charge in [0.1, 0.15) is 5.82 Å². The van der Waals surface area contributed by atoms with Gasteiger partial charge in [0.15, 0.2) is 0 Å². The van der Waals surface area contributed by atoms with Crippen LogP contribution in [0.2, 0.25) is 0 Å². The van der Waals surface area contributed by atoms with Gasteiger partial charge in [-0.05, 0) is 30.9 Å². The van der Waals surface area contributed by atoms with E-state index in [0.717, 1.165) is 19.5 Å². The first kappa shape index (κ1) is 16.0. The van der Waals surface area contributed by atoms with Crippen LogP contribution in [0, 0.1) is 11.7 Å². The molecule has 122 valence electrons. The van der Waals surface area contributed by atoms with Gasteiger partial charge >= 0.3 is 0 Å². The Balaban J connectivity index is 1.59. The van der Waals surface area contributed by atoms with E-state index in [-0.39, 0.29) is 28.3 Å². The van der Waals surface area contributed by atoms with Crippen molar-refractivity contribution in [3.8, 4) is 11.5 Å². The SMILES string of the molecule is C[C@@H]1CCCN(C(=O)CSc2nnc(-c3ccccc3F)o2)C1. The first-order chi connectivity index (χ1) is 11.1. The van der Waals surface area contributed by atoms with Crippen LogP contribution in [-0.4, -0.2) is 39.8 Å². The molecule has 7 heteroatoms. The molecule has 5 nitrogen and oxygen atoms in total. The number of hydrogen-bond donors (Lipinski definition) is 0. The lowest BCUT2D eigenvalue weighted by Crippen LogP contribution is -2.40. The first-order valence-corrected chi connectivity index (χ1v) is 8.61. The third-order valence-electron chi connectivity index (χ3n) is 3.84. The standard InChI is InChI=1S/C16H18FN3O2S/c1-11-5-4-8-20(9-11)14(21)10-23-16-19-18-15(22-16)12-6-2-3-7-13(12)17/h2-3,6-7,11H,4-5,8-10H2,1H3/t11-/m1/s1. The van der Waals surface area contributed by atoms with Gasteiger partial charge in [0.25, 0.3) is 11.1 Å². The molecule has 0 bridgehead atoms. The number of aromatic nitrogens is 2. The predicted molar refractivity (Wildman–Crippen MR) is 85.4 cm³/mol. The molecule has 0 N–H and O–H groups in total. The second-order valence-electron chi connectivity index (χ2n) is 5.73. The third-order valence-corrected chi connectivity index (χ3v) is 4.64. The summed E-state index contributed by atoms with van der Waals surface area (Å²) >= 11 is 1.19. The molecule has 0 radical (unpaired) electrons. The Hall–Kier alpha value is -1.89. The Kier molecular flexibility index (Phi) is 4.95. The van der Waals surface area contributed by atoms with E-state index in [1.165, 1.54) is 24.2 Å². The number of hydrogen-bond acceptors (Lipinski definition) is 5. The summed E-state index contributed by atoms with van der Waals surface area (Å²) < 4.78 is 19.1. The number of carbonyl (C=O) groups is 1. The fourth-order valence-corrected chi connectivity index (χ4v) is 3.31. The van der Waals surface area contributed by atoms with Gasteiger partial charge < -0.3 is 9.32 Å². The zero-order valence-corrected chi connectivity index (χ0v) is 13.7. The summed E-state index contributed by atoms with van der Waals surface area (Å²) in [6.07, 6.45) is 2.22. The Bertz CT molecular complexity index is 691. The molecular formula is C16H18FN3O2S. The van der Waals surface area contributed by atoms with Crippen LogP contribution in [0.15, 0.2) is 33.9 Å². The minimum Gasteiger partial charge on any atom is -0.411 e. The second kappa shape index (κ2) is 7.12. The maximum absolute atomic E-state index is 13.7. The second-order valence-corrected chi connectivity index (χ2v) is 6.66. The number of carbonyl (C=O) groups excluding carboxylic acids is 1. The molecule has 0 unspecified atom stereocenters. The van der Waals surface area contributed by atoms with Crippen LogP contribution in [0.3, 0.4) is 0 Å². The van der Waals surface area contributed by atoms with Gasteiger partial charge in [0.2, 0.25) is 5.91 Å².